The molecule has 19 heavy (non-hydrogen) atoms. The minimum Gasteiger partial charge on any atom is -0.444 e. The maximum atomic E-state index is 11.8. The van der Waals surface area contributed by atoms with Crippen molar-refractivity contribution in [1.82, 2.24) is 9.80 Å². The maximum Gasteiger partial charge on any atom is 0.410 e. The van der Waals surface area contributed by atoms with Gasteiger partial charge in [0.2, 0.25) is 5.91 Å². The molecule has 0 bridgehead atoms. The normalized spacial score (nSPS) is 19.1. The number of ether oxygens (including phenoxy) is 1. The molecular formula is C12H23N3O4. The van der Waals surface area contributed by atoms with E-state index in [1.807, 2.05) is 25.7 Å². The van der Waals surface area contributed by atoms with E-state index in [4.69, 9.17) is 10.5 Å². The van der Waals surface area contributed by atoms with E-state index in [1.165, 1.54) is 0 Å². The number of hydrogen-bond acceptors (Lipinski definition) is 5. The number of nitrogens with zero attached hydrogens (tertiary/aromatic N) is 2. The highest BCUT2D eigenvalue weighted by atomic mass is 16.6. The van der Waals surface area contributed by atoms with Gasteiger partial charge in [-0.2, -0.15) is 0 Å². The molecule has 3 N–H and O–H groups in total. The molecule has 1 aliphatic rings. The fraction of sp³-hybridized carbons (Fsp3) is 0.833. The summed E-state index contributed by atoms with van der Waals surface area (Å²) in [5.74, 6) is -0.727. The van der Waals surface area contributed by atoms with Gasteiger partial charge in [-0.1, -0.05) is 0 Å². The summed E-state index contributed by atoms with van der Waals surface area (Å²) in [5, 5.41) is 9.39. The molecule has 1 aliphatic heterocycles. The maximum absolute atomic E-state index is 11.8. The number of rotatable bonds is 3. The molecule has 1 heterocycles. The standard InChI is InChI=1S/C12H23N3O4/c1-12(2,3)19-11(18)15-6-4-14(5-7-15)8-9(16)10(13)17/h9,16H,4-8H2,1-3H3,(H2,13,17). The first-order chi connectivity index (χ1) is 8.69. The molecule has 110 valence electrons. The molecule has 7 heteroatoms. The van der Waals surface area contributed by atoms with Crippen molar-refractivity contribution in [3.63, 3.8) is 0 Å². The summed E-state index contributed by atoms with van der Waals surface area (Å²) in [6.07, 6.45) is -1.49. The van der Waals surface area contributed by atoms with Crippen molar-refractivity contribution in [2.45, 2.75) is 32.5 Å². The second-order valence-electron chi connectivity index (χ2n) is 5.69. The number of aliphatic hydroxyl groups is 1. The van der Waals surface area contributed by atoms with E-state index >= 15 is 0 Å². The van der Waals surface area contributed by atoms with E-state index in [2.05, 4.69) is 0 Å². The van der Waals surface area contributed by atoms with E-state index < -0.39 is 17.6 Å². The lowest BCUT2D eigenvalue weighted by molar-refractivity contribution is -0.127. The van der Waals surface area contributed by atoms with Crippen LogP contribution in [0.25, 0.3) is 0 Å². The van der Waals surface area contributed by atoms with Crippen LogP contribution in [-0.2, 0) is 9.53 Å². The van der Waals surface area contributed by atoms with Crippen molar-refractivity contribution in [2.24, 2.45) is 5.73 Å². The predicted molar refractivity (Wildman–Crippen MR) is 69.4 cm³/mol. The SMILES string of the molecule is CC(C)(C)OC(=O)N1CCN(CC(O)C(N)=O)CC1. The van der Waals surface area contributed by atoms with Gasteiger partial charge in [0, 0.05) is 32.7 Å². The van der Waals surface area contributed by atoms with Crippen molar-refractivity contribution in [3.05, 3.63) is 0 Å². The van der Waals surface area contributed by atoms with Crippen molar-refractivity contribution in [2.75, 3.05) is 32.7 Å². The van der Waals surface area contributed by atoms with E-state index in [1.54, 1.807) is 4.90 Å². The average Bonchev–Trinajstić information content (AvgIpc) is 2.27. The third-order valence-corrected chi connectivity index (χ3v) is 2.78. The fourth-order valence-corrected chi connectivity index (χ4v) is 1.77. The minimum atomic E-state index is -1.16. The average molecular weight is 273 g/mol. The second-order valence-corrected chi connectivity index (χ2v) is 5.69. The second kappa shape index (κ2) is 6.21. The van der Waals surface area contributed by atoms with Crippen molar-refractivity contribution in [3.8, 4) is 0 Å². The van der Waals surface area contributed by atoms with E-state index in [0.717, 1.165) is 0 Å². The van der Waals surface area contributed by atoms with Crippen molar-refractivity contribution >= 4 is 12.0 Å². The molecule has 1 atom stereocenters. The summed E-state index contributed by atoms with van der Waals surface area (Å²) in [6.45, 7) is 7.88. The number of carbonyl (C=O) groups excluding carboxylic acids is 2. The molecule has 1 rings (SSSR count). The smallest absolute Gasteiger partial charge is 0.410 e. The molecule has 1 fully saturated rings. The van der Waals surface area contributed by atoms with E-state index in [9.17, 15) is 14.7 Å². The number of hydrogen-bond donors (Lipinski definition) is 2. The number of β-amino-alcohol motifs (C(OH)–C–C–N with tert-alkyl or cyclic N) is 1. The number of amides is 2. The van der Waals surface area contributed by atoms with Crippen LogP contribution >= 0.6 is 0 Å². The number of nitrogens with two attached hydrogens (primary N) is 1. The lowest BCUT2D eigenvalue weighted by atomic mass is 10.2. The van der Waals surface area contributed by atoms with Gasteiger partial charge in [-0.15, -0.1) is 0 Å². The predicted octanol–water partition coefficient (Wildman–Crippen LogP) is -0.615. The Balaban J connectivity index is 2.36. The van der Waals surface area contributed by atoms with Crippen LogP contribution in [-0.4, -0.2) is 71.3 Å². The summed E-state index contributed by atoms with van der Waals surface area (Å²) >= 11 is 0. The van der Waals surface area contributed by atoms with Crippen LogP contribution in [0.15, 0.2) is 0 Å². The lowest BCUT2D eigenvalue weighted by Gasteiger charge is -2.35. The van der Waals surface area contributed by atoms with Gasteiger partial charge in [0.05, 0.1) is 0 Å². The summed E-state index contributed by atoms with van der Waals surface area (Å²) in [5.41, 5.74) is 4.49. The largest absolute Gasteiger partial charge is 0.444 e. The summed E-state index contributed by atoms with van der Waals surface area (Å²) in [7, 11) is 0. The minimum absolute atomic E-state index is 0.206. The van der Waals surface area contributed by atoms with Crippen LogP contribution in [0.3, 0.4) is 0 Å². The highest BCUT2D eigenvalue weighted by Crippen LogP contribution is 2.11. The zero-order valence-corrected chi connectivity index (χ0v) is 11.8. The lowest BCUT2D eigenvalue weighted by Crippen LogP contribution is -2.52. The first-order valence-corrected chi connectivity index (χ1v) is 6.37. The van der Waals surface area contributed by atoms with Gasteiger partial charge in [-0.25, -0.2) is 4.79 Å². The molecular weight excluding hydrogens is 250 g/mol. The Morgan fingerprint density at radius 3 is 2.21 bits per heavy atom. The molecule has 1 unspecified atom stereocenters. The van der Waals surface area contributed by atoms with Gasteiger partial charge < -0.3 is 20.5 Å². The molecule has 0 aliphatic carbocycles. The van der Waals surface area contributed by atoms with E-state index in [-0.39, 0.29) is 12.6 Å². The highest BCUT2D eigenvalue weighted by Gasteiger charge is 2.27. The topological polar surface area (TPSA) is 96.1 Å². The zero-order valence-electron chi connectivity index (χ0n) is 11.8. The first kappa shape index (κ1) is 15.7. The monoisotopic (exact) mass is 273 g/mol. The first-order valence-electron chi connectivity index (χ1n) is 6.37. The molecule has 2 amide bonds. The van der Waals surface area contributed by atoms with Gasteiger partial charge >= 0.3 is 6.09 Å². The van der Waals surface area contributed by atoms with Gasteiger partial charge in [-0.05, 0) is 20.8 Å². The van der Waals surface area contributed by atoms with Crippen LogP contribution in [0.4, 0.5) is 4.79 Å². The van der Waals surface area contributed by atoms with Crippen LogP contribution in [0, 0.1) is 0 Å². The Labute approximate surface area is 113 Å². The molecule has 0 aromatic carbocycles. The summed E-state index contributed by atoms with van der Waals surface area (Å²) in [6, 6.07) is 0. The molecule has 0 radical (unpaired) electrons. The number of aliphatic hydroxyl groups excluding tert-OH is 1. The summed E-state index contributed by atoms with van der Waals surface area (Å²) < 4.78 is 5.28. The third kappa shape index (κ3) is 5.44. The van der Waals surface area contributed by atoms with Crippen LogP contribution in [0.1, 0.15) is 20.8 Å². The van der Waals surface area contributed by atoms with Gasteiger partial charge in [-0.3, -0.25) is 9.69 Å². The van der Waals surface area contributed by atoms with Crippen LogP contribution in [0.5, 0.6) is 0 Å². The molecule has 0 spiro atoms. The van der Waals surface area contributed by atoms with E-state index in [0.29, 0.717) is 26.2 Å². The Hall–Kier alpha value is -1.34. The third-order valence-electron chi connectivity index (χ3n) is 2.78. The molecule has 1 saturated heterocycles. The Morgan fingerprint density at radius 2 is 1.79 bits per heavy atom. The Kier molecular flexibility index (Phi) is 5.13. The fourth-order valence-electron chi connectivity index (χ4n) is 1.77. The molecule has 0 aromatic heterocycles. The van der Waals surface area contributed by atoms with Crippen molar-refractivity contribution < 1.29 is 19.4 Å². The summed E-state index contributed by atoms with van der Waals surface area (Å²) in [4.78, 5) is 26.1. The highest BCUT2D eigenvalue weighted by molar-refractivity contribution is 5.78. The quantitative estimate of drug-likeness (QED) is 0.715. The number of piperazine rings is 1. The number of carbonyl (C=O) groups is 2. The molecule has 7 nitrogen and oxygen atoms in total. The van der Waals surface area contributed by atoms with Crippen molar-refractivity contribution in [1.29, 1.82) is 0 Å². The Bertz CT molecular complexity index is 332. The van der Waals surface area contributed by atoms with Gasteiger partial charge in [0.15, 0.2) is 0 Å². The van der Waals surface area contributed by atoms with Crippen LogP contribution < -0.4 is 5.73 Å². The Morgan fingerprint density at radius 1 is 1.26 bits per heavy atom. The number of primary amides is 1. The molecule has 0 aromatic rings. The van der Waals surface area contributed by atoms with Crippen LogP contribution in [0.2, 0.25) is 0 Å². The van der Waals surface area contributed by atoms with Gasteiger partial charge in [0.1, 0.15) is 11.7 Å². The zero-order chi connectivity index (χ0) is 14.6. The van der Waals surface area contributed by atoms with Gasteiger partial charge in [0.25, 0.3) is 0 Å². The molecule has 0 saturated carbocycles.